The summed E-state index contributed by atoms with van der Waals surface area (Å²) in [6.45, 7) is 0.305. The van der Waals surface area contributed by atoms with Crippen LogP contribution in [0.4, 0.5) is 0 Å². The lowest BCUT2D eigenvalue weighted by molar-refractivity contribution is 0.0785. The van der Waals surface area contributed by atoms with Crippen molar-refractivity contribution in [3.8, 4) is 0 Å². The third-order valence-corrected chi connectivity index (χ3v) is 7.17. The van der Waals surface area contributed by atoms with E-state index in [9.17, 15) is 13.2 Å². The second-order valence-corrected chi connectivity index (χ2v) is 9.84. The molecule has 2 aromatic carbocycles. The number of aromatic nitrogens is 1. The van der Waals surface area contributed by atoms with Crippen LogP contribution < -0.4 is 0 Å². The zero-order chi connectivity index (χ0) is 19.8. The Bertz CT molecular complexity index is 1080. The van der Waals surface area contributed by atoms with Crippen LogP contribution in [0.3, 0.4) is 0 Å². The molecule has 9 heteroatoms. The van der Waals surface area contributed by atoms with Gasteiger partial charge in [-0.3, -0.25) is 4.79 Å². The number of sulfonamides is 1. The van der Waals surface area contributed by atoms with Gasteiger partial charge in [-0.2, -0.15) is 0 Å². The lowest BCUT2D eigenvalue weighted by Crippen LogP contribution is -2.27. The van der Waals surface area contributed by atoms with Crippen molar-refractivity contribution in [3.05, 3.63) is 58.1 Å². The molecule has 1 aromatic heterocycles. The molecule has 0 aliphatic carbocycles. The minimum Gasteiger partial charge on any atom is -0.335 e. The van der Waals surface area contributed by atoms with Crippen LogP contribution in [0.25, 0.3) is 10.2 Å². The van der Waals surface area contributed by atoms with E-state index in [0.717, 1.165) is 19.5 Å². The number of carbonyl (C=O) groups excluding carboxylic acids is 1. The van der Waals surface area contributed by atoms with Crippen molar-refractivity contribution < 1.29 is 13.2 Å². The van der Waals surface area contributed by atoms with E-state index in [-0.39, 0.29) is 21.4 Å². The number of thiazole rings is 1. The average Bonchev–Trinajstić information content (AvgIpc) is 3.03. The van der Waals surface area contributed by atoms with E-state index in [1.807, 2.05) is 24.3 Å². The minimum atomic E-state index is -3.66. The molecule has 0 fully saturated rings. The quantitative estimate of drug-likeness (QED) is 0.630. The molecule has 0 N–H and O–H groups in total. The molecule has 0 saturated carbocycles. The Kier molecular flexibility index (Phi) is 5.53. The molecule has 0 atom stereocenters. The number of rotatable bonds is 5. The fourth-order valence-electron chi connectivity index (χ4n) is 2.51. The molecular weight excluding hydrogens is 406 g/mol. The molecule has 27 heavy (non-hydrogen) atoms. The first-order valence-electron chi connectivity index (χ1n) is 8.02. The maximum Gasteiger partial charge on any atom is 0.255 e. The molecular formula is C18H18ClN3O3S2. The number of hydrogen-bond donors (Lipinski definition) is 0. The van der Waals surface area contributed by atoms with E-state index in [1.54, 1.807) is 7.05 Å². The second-order valence-electron chi connectivity index (χ2n) is 6.17. The highest BCUT2D eigenvalue weighted by Crippen LogP contribution is 2.25. The Balaban J connectivity index is 1.88. The fraction of sp³-hybridized carbons (Fsp3) is 0.222. The summed E-state index contributed by atoms with van der Waals surface area (Å²) in [5, 5.41) is 0.995. The summed E-state index contributed by atoms with van der Waals surface area (Å²) in [5.41, 5.74) is 1.03. The van der Waals surface area contributed by atoms with Crippen molar-refractivity contribution in [1.82, 2.24) is 14.2 Å². The summed E-state index contributed by atoms with van der Waals surface area (Å²) < 4.78 is 26.8. The van der Waals surface area contributed by atoms with Crippen molar-refractivity contribution in [3.63, 3.8) is 0 Å². The van der Waals surface area contributed by atoms with Gasteiger partial charge in [0.2, 0.25) is 10.0 Å². The van der Waals surface area contributed by atoms with Crippen LogP contribution in [0.5, 0.6) is 0 Å². The van der Waals surface area contributed by atoms with Crippen LogP contribution in [0.15, 0.2) is 47.4 Å². The van der Waals surface area contributed by atoms with Crippen molar-refractivity contribution in [2.45, 2.75) is 11.4 Å². The molecule has 142 valence electrons. The first-order chi connectivity index (χ1) is 12.7. The molecule has 0 aliphatic heterocycles. The zero-order valence-electron chi connectivity index (χ0n) is 15.0. The Morgan fingerprint density at radius 2 is 1.85 bits per heavy atom. The third kappa shape index (κ3) is 3.98. The SMILES string of the molecule is CN(Cc1nc2ccccc2s1)C(=O)c1cc(S(=O)(=O)N(C)C)ccc1Cl. The highest BCUT2D eigenvalue weighted by molar-refractivity contribution is 7.89. The van der Waals surface area contributed by atoms with Gasteiger partial charge < -0.3 is 4.90 Å². The van der Waals surface area contributed by atoms with Crippen molar-refractivity contribution in [2.75, 3.05) is 21.1 Å². The minimum absolute atomic E-state index is 0.0219. The maximum atomic E-state index is 12.8. The van der Waals surface area contributed by atoms with E-state index in [0.29, 0.717) is 6.54 Å². The van der Waals surface area contributed by atoms with Crippen LogP contribution in [0.1, 0.15) is 15.4 Å². The Morgan fingerprint density at radius 1 is 1.15 bits per heavy atom. The number of fused-ring (bicyclic) bond motifs is 1. The number of amides is 1. The predicted molar refractivity (Wildman–Crippen MR) is 108 cm³/mol. The van der Waals surface area contributed by atoms with E-state index in [2.05, 4.69) is 4.98 Å². The van der Waals surface area contributed by atoms with Gasteiger partial charge in [0.05, 0.1) is 32.2 Å². The smallest absolute Gasteiger partial charge is 0.255 e. The molecule has 0 radical (unpaired) electrons. The predicted octanol–water partition coefficient (Wildman–Crippen LogP) is 3.47. The monoisotopic (exact) mass is 423 g/mol. The van der Waals surface area contributed by atoms with Gasteiger partial charge >= 0.3 is 0 Å². The van der Waals surface area contributed by atoms with Crippen LogP contribution in [0, 0.1) is 0 Å². The Hall–Kier alpha value is -2.00. The summed E-state index contributed by atoms with van der Waals surface area (Å²) >= 11 is 7.68. The van der Waals surface area contributed by atoms with Gasteiger partial charge in [0.1, 0.15) is 5.01 Å². The summed E-state index contributed by atoms with van der Waals surface area (Å²) in [4.78, 5) is 18.9. The van der Waals surface area contributed by atoms with Crippen LogP contribution in [-0.2, 0) is 16.6 Å². The Labute approximate surface area is 167 Å². The maximum absolute atomic E-state index is 12.8. The Morgan fingerprint density at radius 3 is 2.52 bits per heavy atom. The van der Waals surface area contributed by atoms with Gasteiger partial charge in [0, 0.05) is 21.1 Å². The molecule has 0 aliphatic rings. The summed E-state index contributed by atoms with van der Waals surface area (Å²) in [7, 11) is 0.849. The standard InChI is InChI=1S/C18H18ClN3O3S2/c1-21(2)27(24,25)12-8-9-14(19)13(10-12)18(23)22(3)11-17-20-15-6-4-5-7-16(15)26-17/h4-10H,11H2,1-3H3. The van der Waals surface area contributed by atoms with Gasteiger partial charge in [-0.05, 0) is 30.3 Å². The molecule has 0 saturated heterocycles. The summed E-state index contributed by atoms with van der Waals surface area (Å²) in [6.07, 6.45) is 0. The van der Waals surface area contributed by atoms with Crippen LogP contribution in [-0.4, -0.2) is 49.7 Å². The molecule has 0 bridgehead atoms. The molecule has 1 amide bonds. The van der Waals surface area contributed by atoms with Gasteiger partial charge in [-0.15, -0.1) is 11.3 Å². The van der Waals surface area contributed by atoms with E-state index >= 15 is 0 Å². The molecule has 0 spiro atoms. The lowest BCUT2D eigenvalue weighted by Gasteiger charge is -2.18. The summed E-state index contributed by atoms with van der Waals surface area (Å²) in [5.74, 6) is -0.366. The van der Waals surface area contributed by atoms with Crippen molar-refractivity contribution >= 4 is 49.1 Å². The fourth-order valence-corrected chi connectivity index (χ4v) is 4.66. The number of carbonyl (C=O) groups is 1. The van der Waals surface area contributed by atoms with E-state index < -0.39 is 10.0 Å². The first-order valence-corrected chi connectivity index (χ1v) is 10.7. The number of benzene rings is 2. The van der Waals surface area contributed by atoms with E-state index in [4.69, 9.17) is 11.6 Å². The van der Waals surface area contributed by atoms with Gasteiger partial charge in [-0.1, -0.05) is 23.7 Å². The van der Waals surface area contributed by atoms with Crippen LogP contribution in [0.2, 0.25) is 5.02 Å². The van der Waals surface area contributed by atoms with Gasteiger partial charge in [-0.25, -0.2) is 17.7 Å². The largest absolute Gasteiger partial charge is 0.335 e. The van der Waals surface area contributed by atoms with Gasteiger partial charge in [0.15, 0.2) is 0 Å². The second kappa shape index (κ2) is 7.55. The van der Waals surface area contributed by atoms with Crippen molar-refractivity contribution in [1.29, 1.82) is 0 Å². The van der Waals surface area contributed by atoms with Crippen LogP contribution >= 0.6 is 22.9 Å². The number of hydrogen-bond acceptors (Lipinski definition) is 5. The lowest BCUT2D eigenvalue weighted by atomic mass is 10.2. The third-order valence-electron chi connectivity index (χ3n) is 4.00. The number of halogens is 1. The molecule has 3 aromatic rings. The first kappa shape index (κ1) is 19.8. The zero-order valence-corrected chi connectivity index (χ0v) is 17.4. The van der Waals surface area contributed by atoms with Crippen molar-refractivity contribution in [2.24, 2.45) is 0 Å². The highest BCUT2D eigenvalue weighted by Gasteiger charge is 2.23. The summed E-state index contributed by atoms with van der Waals surface area (Å²) in [6, 6.07) is 11.9. The molecule has 6 nitrogen and oxygen atoms in total. The van der Waals surface area contributed by atoms with E-state index in [1.165, 1.54) is 48.5 Å². The normalized spacial score (nSPS) is 11.9. The number of para-hydroxylation sites is 1. The topological polar surface area (TPSA) is 70.6 Å². The van der Waals surface area contributed by atoms with Gasteiger partial charge in [0.25, 0.3) is 5.91 Å². The molecule has 3 rings (SSSR count). The number of nitrogens with zero attached hydrogens (tertiary/aromatic N) is 3. The molecule has 0 unspecified atom stereocenters. The molecule has 1 heterocycles. The highest BCUT2D eigenvalue weighted by atomic mass is 35.5. The average molecular weight is 424 g/mol.